The first-order valence-corrected chi connectivity index (χ1v) is 13.6. The number of nitrogens with one attached hydrogen (secondary N) is 1. The van der Waals surface area contributed by atoms with Gasteiger partial charge in [-0.2, -0.15) is 0 Å². The van der Waals surface area contributed by atoms with Crippen LogP contribution in [-0.2, 0) is 17.9 Å². The maximum atomic E-state index is 14.2. The number of hydrogen-bond acceptors (Lipinski definition) is 4. The highest BCUT2D eigenvalue weighted by Gasteiger charge is 2.39. The van der Waals surface area contributed by atoms with Crippen molar-refractivity contribution in [1.29, 1.82) is 0 Å². The summed E-state index contributed by atoms with van der Waals surface area (Å²) in [5.74, 6) is -1.04. The topological polar surface area (TPSA) is 38.8 Å². The molecule has 3 aromatic carbocycles. The van der Waals surface area contributed by atoms with Crippen LogP contribution in [0.1, 0.15) is 17.5 Å². The minimum atomic E-state index is -0.592. The fourth-order valence-corrected chi connectivity index (χ4v) is 5.59. The average Bonchev–Trinajstić information content (AvgIpc) is 3.32. The van der Waals surface area contributed by atoms with Gasteiger partial charge in [-0.3, -0.25) is 9.69 Å². The van der Waals surface area contributed by atoms with Crippen LogP contribution in [-0.4, -0.2) is 60.5 Å². The molecule has 2 fully saturated rings. The van der Waals surface area contributed by atoms with Crippen molar-refractivity contribution in [2.75, 3.05) is 37.6 Å². The van der Waals surface area contributed by atoms with Gasteiger partial charge in [-0.25, -0.2) is 8.78 Å². The Kier molecular flexibility index (Phi) is 8.48. The standard InChI is InChI=1S/C29H30Cl2F2N4O/c30-25-9-8-24(16-26(25)31)35-10-12-36(13-11-35)29(38)28-15-23(19-37(28)18-20-4-2-1-3-5-20)34-17-21-6-7-22(32)14-27(21)33/h1-9,14,16,23,28,34H,10-13,15,17-19H2/t23-,28-/m0/s1. The molecule has 3 aromatic rings. The van der Waals surface area contributed by atoms with Gasteiger partial charge >= 0.3 is 0 Å². The highest BCUT2D eigenvalue weighted by Crippen LogP contribution is 2.29. The van der Waals surface area contributed by atoms with Crippen molar-refractivity contribution in [3.8, 4) is 0 Å². The second-order valence-electron chi connectivity index (χ2n) is 9.89. The number of likely N-dealkylation sites (tertiary alicyclic amines) is 1. The van der Waals surface area contributed by atoms with Gasteiger partial charge in [0.25, 0.3) is 0 Å². The second kappa shape index (κ2) is 12.0. The number of benzene rings is 3. The lowest BCUT2D eigenvalue weighted by Crippen LogP contribution is -2.53. The zero-order valence-corrected chi connectivity index (χ0v) is 22.4. The number of hydrogen-bond donors (Lipinski definition) is 1. The minimum absolute atomic E-state index is 0.00890. The number of rotatable bonds is 7. The van der Waals surface area contributed by atoms with Crippen molar-refractivity contribution in [2.24, 2.45) is 0 Å². The van der Waals surface area contributed by atoms with E-state index in [-0.39, 0.29) is 24.5 Å². The van der Waals surface area contributed by atoms with E-state index >= 15 is 0 Å². The van der Waals surface area contributed by atoms with Crippen molar-refractivity contribution in [3.63, 3.8) is 0 Å². The van der Waals surface area contributed by atoms with Crippen molar-refractivity contribution < 1.29 is 13.6 Å². The van der Waals surface area contributed by atoms with E-state index in [9.17, 15) is 13.6 Å². The van der Waals surface area contributed by atoms with Gasteiger partial charge in [-0.1, -0.05) is 59.6 Å². The molecule has 2 heterocycles. The van der Waals surface area contributed by atoms with E-state index in [1.54, 1.807) is 6.07 Å². The van der Waals surface area contributed by atoms with Gasteiger partial charge in [0, 0.05) is 69.2 Å². The highest BCUT2D eigenvalue weighted by molar-refractivity contribution is 6.42. The molecule has 2 atom stereocenters. The number of anilines is 1. The summed E-state index contributed by atoms with van der Waals surface area (Å²) in [6, 6.07) is 19.1. The molecule has 2 aliphatic rings. The largest absolute Gasteiger partial charge is 0.368 e. The number of carbonyl (C=O) groups excluding carboxylic acids is 1. The highest BCUT2D eigenvalue weighted by atomic mass is 35.5. The first-order valence-electron chi connectivity index (χ1n) is 12.8. The van der Waals surface area contributed by atoms with Gasteiger partial charge in [0.2, 0.25) is 5.91 Å². The van der Waals surface area contributed by atoms with Crippen molar-refractivity contribution in [3.05, 3.63) is 99.5 Å². The Balaban J connectivity index is 1.24. The predicted octanol–water partition coefficient (Wildman–Crippen LogP) is 5.35. The SMILES string of the molecule is O=C([C@@H]1C[C@H](NCc2ccc(F)cc2F)CN1Cc1ccccc1)N1CCN(c2ccc(Cl)c(Cl)c2)CC1. The molecule has 1 N–H and O–H groups in total. The number of nitrogens with zero attached hydrogens (tertiary/aromatic N) is 3. The van der Waals surface area contributed by atoms with Crippen LogP contribution >= 0.6 is 23.2 Å². The summed E-state index contributed by atoms with van der Waals surface area (Å²) in [6.07, 6.45) is 0.626. The average molecular weight is 559 g/mol. The lowest BCUT2D eigenvalue weighted by atomic mass is 10.1. The van der Waals surface area contributed by atoms with Crippen LogP contribution in [0.3, 0.4) is 0 Å². The van der Waals surface area contributed by atoms with E-state index in [0.717, 1.165) is 17.3 Å². The molecule has 0 bridgehead atoms. The van der Waals surface area contributed by atoms with Gasteiger partial charge in [0.05, 0.1) is 16.1 Å². The molecule has 0 radical (unpaired) electrons. The van der Waals surface area contributed by atoms with Crippen LogP contribution in [0.5, 0.6) is 0 Å². The molecule has 5 rings (SSSR count). The molecular formula is C29H30Cl2F2N4O. The van der Waals surface area contributed by atoms with Crippen LogP contribution in [0, 0.1) is 11.6 Å². The van der Waals surface area contributed by atoms with E-state index in [1.807, 2.05) is 35.2 Å². The van der Waals surface area contributed by atoms with E-state index in [2.05, 4.69) is 27.2 Å². The summed E-state index contributed by atoms with van der Waals surface area (Å²) in [5, 5.41) is 4.43. The lowest BCUT2D eigenvalue weighted by molar-refractivity contribution is -0.136. The molecule has 9 heteroatoms. The fourth-order valence-electron chi connectivity index (χ4n) is 5.30. The van der Waals surface area contributed by atoms with Crippen molar-refractivity contribution >= 4 is 34.8 Å². The molecule has 0 aliphatic carbocycles. The summed E-state index contributed by atoms with van der Waals surface area (Å²) in [5.41, 5.74) is 2.55. The Morgan fingerprint density at radius 1 is 0.921 bits per heavy atom. The smallest absolute Gasteiger partial charge is 0.240 e. The fraction of sp³-hybridized carbons (Fsp3) is 0.345. The first kappa shape index (κ1) is 26.9. The molecule has 5 nitrogen and oxygen atoms in total. The molecule has 0 aromatic heterocycles. The van der Waals surface area contributed by atoms with Gasteiger partial charge in [0.15, 0.2) is 0 Å². The van der Waals surface area contributed by atoms with E-state index in [1.165, 1.54) is 12.1 Å². The maximum Gasteiger partial charge on any atom is 0.240 e. The van der Waals surface area contributed by atoms with Crippen LogP contribution in [0.2, 0.25) is 10.0 Å². The van der Waals surface area contributed by atoms with Crippen molar-refractivity contribution in [2.45, 2.75) is 31.6 Å². The second-order valence-corrected chi connectivity index (χ2v) is 10.7. The van der Waals surface area contributed by atoms with Gasteiger partial charge < -0.3 is 15.1 Å². The molecule has 2 saturated heterocycles. The Morgan fingerprint density at radius 2 is 1.68 bits per heavy atom. The van der Waals surface area contributed by atoms with Gasteiger partial charge in [-0.15, -0.1) is 0 Å². The predicted molar refractivity (Wildman–Crippen MR) is 147 cm³/mol. The quantitative estimate of drug-likeness (QED) is 0.424. The molecule has 2 aliphatic heterocycles. The summed E-state index contributed by atoms with van der Waals surface area (Å²) >= 11 is 12.3. The van der Waals surface area contributed by atoms with Gasteiger partial charge in [-0.05, 0) is 36.2 Å². The van der Waals surface area contributed by atoms with E-state index in [0.29, 0.717) is 61.3 Å². The third-order valence-electron chi connectivity index (χ3n) is 7.37. The maximum absolute atomic E-state index is 14.2. The van der Waals surface area contributed by atoms with E-state index < -0.39 is 11.6 Å². The number of halogens is 4. The Hall–Kier alpha value is -2.71. The number of carbonyl (C=O) groups is 1. The summed E-state index contributed by atoms with van der Waals surface area (Å²) < 4.78 is 27.5. The van der Waals surface area contributed by atoms with Crippen LogP contribution in [0.25, 0.3) is 0 Å². The normalized spacial score (nSPS) is 20.2. The van der Waals surface area contributed by atoms with E-state index in [4.69, 9.17) is 23.2 Å². The zero-order valence-electron chi connectivity index (χ0n) is 20.9. The molecular weight excluding hydrogens is 529 g/mol. The molecule has 1 amide bonds. The third kappa shape index (κ3) is 6.29. The lowest BCUT2D eigenvalue weighted by Gasteiger charge is -2.38. The Labute approximate surface area is 231 Å². The Bertz CT molecular complexity index is 1270. The molecule has 0 saturated carbocycles. The van der Waals surface area contributed by atoms with Crippen LogP contribution < -0.4 is 10.2 Å². The number of piperazine rings is 1. The molecule has 0 spiro atoms. The molecule has 38 heavy (non-hydrogen) atoms. The Morgan fingerprint density at radius 3 is 2.39 bits per heavy atom. The third-order valence-corrected chi connectivity index (χ3v) is 8.11. The summed E-state index contributed by atoms with van der Waals surface area (Å²) in [6.45, 7) is 4.25. The van der Waals surface area contributed by atoms with Gasteiger partial charge in [0.1, 0.15) is 11.6 Å². The summed E-state index contributed by atoms with van der Waals surface area (Å²) in [7, 11) is 0. The minimum Gasteiger partial charge on any atom is -0.368 e. The first-order chi connectivity index (χ1) is 18.4. The van der Waals surface area contributed by atoms with Crippen LogP contribution in [0.15, 0.2) is 66.7 Å². The molecule has 0 unspecified atom stereocenters. The zero-order chi connectivity index (χ0) is 26.6. The number of amides is 1. The van der Waals surface area contributed by atoms with Crippen molar-refractivity contribution in [1.82, 2.24) is 15.1 Å². The monoisotopic (exact) mass is 558 g/mol. The van der Waals surface area contributed by atoms with Crippen LogP contribution in [0.4, 0.5) is 14.5 Å². The summed E-state index contributed by atoms with van der Waals surface area (Å²) in [4.78, 5) is 20.1. The molecule has 200 valence electrons.